The van der Waals surface area contributed by atoms with Crippen LogP contribution in [0.15, 0.2) is 54.6 Å². The fraction of sp³-hybridized carbons (Fsp3) is 0.300. The summed E-state index contributed by atoms with van der Waals surface area (Å²) in [5, 5.41) is 0. The average Bonchev–Trinajstić information content (AvgIpc) is 2.66. The minimum absolute atomic E-state index is 0.204. The molecule has 0 N–H and O–H groups in total. The summed E-state index contributed by atoms with van der Waals surface area (Å²) in [7, 11) is 2.50. The van der Waals surface area contributed by atoms with Gasteiger partial charge in [-0.05, 0) is 29.7 Å². The van der Waals surface area contributed by atoms with E-state index in [0.29, 0.717) is 12.4 Å². The lowest BCUT2D eigenvalue weighted by Crippen LogP contribution is -2.28. The zero-order valence-electron chi connectivity index (χ0n) is 14.4. The average molecular weight is 342 g/mol. The van der Waals surface area contributed by atoms with E-state index in [4.69, 9.17) is 4.74 Å². The van der Waals surface area contributed by atoms with Gasteiger partial charge in [0.25, 0.3) is 0 Å². The minimum atomic E-state index is -0.977. The van der Waals surface area contributed by atoms with E-state index in [1.165, 1.54) is 19.8 Å². The SMILES string of the molecule is COC(=O)C(Cc1cccc(OCCc2ccccc2)c1)C(=O)OC. The van der Waals surface area contributed by atoms with E-state index in [1.807, 2.05) is 42.5 Å². The second-order valence-corrected chi connectivity index (χ2v) is 5.53. The molecule has 5 heteroatoms. The van der Waals surface area contributed by atoms with E-state index in [9.17, 15) is 9.59 Å². The molecule has 0 radical (unpaired) electrons. The van der Waals surface area contributed by atoms with E-state index in [2.05, 4.69) is 21.6 Å². The molecule has 0 aliphatic rings. The Labute approximate surface area is 147 Å². The van der Waals surface area contributed by atoms with Crippen molar-refractivity contribution in [2.45, 2.75) is 12.8 Å². The molecule has 5 nitrogen and oxygen atoms in total. The predicted molar refractivity (Wildman–Crippen MR) is 93.3 cm³/mol. The van der Waals surface area contributed by atoms with Gasteiger partial charge in [0.2, 0.25) is 0 Å². The first-order valence-corrected chi connectivity index (χ1v) is 8.05. The van der Waals surface area contributed by atoms with Gasteiger partial charge in [-0.3, -0.25) is 9.59 Å². The van der Waals surface area contributed by atoms with Crippen molar-refractivity contribution in [3.63, 3.8) is 0 Å². The Balaban J connectivity index is 1.97. The molecule has 0 aliphatic heterocycles. The monoisotopic (exact) mass is 342 g/mol. The number of carbonyl (C=O) groups is 2. The highest BCUT2D eigenvalue weighted by atomic mass is 16.5. The summed E-state index contributed by atoms with van der Waals surface area (Å²) in [6, 6.07) is 17.4. The van der Waals surface area contributed by atoms with Gasteiger partial charge in [-0.25, -0.2) is 0 Å². The number of rotatable bonds is 8. The molecule has 0 saturated carbocycles. The molecule has 0 atom stereocenters. The standard InChI is InChI=1S/C20H22O5/c1-23-19(21)18(20(22)24-2)14-16-9-6-10-17(13-16)25-12-11-15-7-4-3-5-8-15/h3-10,13,18H,11-12,14H2,1-2H3. The third kappa shape index (κ3) is 5.64. The van der Waals surface area contributed by atoms with E-state index in [0.717, 1.165) is 12.0 Å². The van der Waals surface area contributed by atoms with Gasteiger partial charge in [0.05, 0.1) is 20.8 Å². The summed E-state index contributed by atoms with van der Waals surface area (Å²) in [4.78, 5) is 23.6. The first-order chi connectivity index (χ1) is 12.1. The highest BCUT2D eigenvalue weighted by molar-refractivity contribution is 5.95. The smallest absolute Gasteiger partial charge is 0.320 e. The summed E-state index contributed by atoms with van der Waals surface area (Å²) >= 11 is 0. The molecule has 132 valence electrons. The molecule has 0 heterocycles. The number of hydrogen-bond acceptors (Lipinski definition) is 5. The maximum absolute atomic E-state index is 11.8. The third-order valence-electron chi connectivity index (χ3n) is 3.81. The van der Waals surface area contributed by atoms with Crippen molar-refractivity contribution in [2.75, 3.05) is 20.8 Å². The minimum Gasteiger partial charge on any atom is -0.493 e. The number of benzene rings is 2. The van der Waals surface area contributed by atoms with Crippen LogP contribution in [-0.2, 0) is 31.9 Å². The Hall–Kier alpha value is -2.82. The normalized spacial score (nSPS) is 10.4. The molecule has 25 heavy (non-hydrogen) atoms. The van der Waals surface area contributed by atoms with Crippen LogP contribution >= 0.6 is 0 Å². The molecule has 0 bridgehead atoms. The molecule has 0 spiro atoms. The Bertz CT molecular complexity index is 680. The fourth-order valence-corrected chi connectivity index (χ4v) is 2.48. The van der Waals surface area contributed by atoms with Gasteiger partial charge in [-0.2, -0.15) is 0 Å². The van der Waals surface area contributed by atoms with Crippen molar-refractivity contribution in [3.05, 3.63) is 65.7 Å². The van der Waals surface area contributed by atoms with Crippen molar-refractivity contribution in [2.24, 2.45) is 5.92 Å². The first kappa shape index (κ1) is 18.5. The van der Waals surface area contributed by atoms with E-state index >= 15 is 0 Å². The van der Waals surface area contributed by atoms with Crippen molar-refractivity contribution < 1.29 is 23.8 Å². The maximum atomic E-state index is 11.8. The quantitative estimate of drug-likeness (QED) is 0.545. The second-order valence-electron chi connectivity index (χ2n) is 5.53. The molecule has 0 unspecified atom stereocenters. The summed E-state index contributed by atoms with van der Waals surface area (Å²) in [6.45, 7) is 0.547. The van der Waals surface area contributed by atoms with Gasteiger partial charge in [-0.15, -0.1) is 0 Å². The van der Waals surface area contributed by atoms with Gasteiger partial charge in [0.15, 0.2) is 5.92 Å². The van der Waals surface area contributed by atoms with Crippen LogP contribution in [0, 0.1) is 5.92 Å². The molecule has 0 aliphatic carbocycles. The van der Waals surface area contributed by atoms with E-state index < -0.39 is 17.9 Å². The van der Waals surface area contributed by atoms with Gasteiger partial charge < -0.3 is 14.2 Å². The van der Waals surface area contributed by atoms with E-state index in [-0.39, 0.29) is 6.42 Å². The Morgan fingerprint density at radius 3 is 2.16 bits per heavy atom. The van der Waals surface area contributed by atoms with Gasteiger partial charge in [0.1, 0.15) is 5.75 Å². The van der Waals surface area contributed by atoms with Crippen LogP contribution in [0.25, 0.3) is 0 Å². The van der Waals surface area contributed by atoms with Crippen molar-refractivity contribution in [1.82, 2.24) is 0 Å². The maximum Gasteiger partial charge on any atom is 0.320 e. The number of hydrogen-bond donors (Lipinski definition) is 0. The van der Waals surface area contributed by atoms with Crippen molar-refractivity contribution >= 4 is 11.9 Å². The Kier molecular flexibility index (Phi) is 7.01. The van der Waals surface area contributed by atoms with Crippen LogP contribution < -0.4 is 4.74 Å². The number of esters is 2. The van der Waals surface area contributed by atoms with Crippen LogP contribution in [0.4, 0.5) is 0 Å². The highest BCUT2D eigenvalue weighted by Crippen LogP contribution is 2.18. The number of carbonyl (C=O) groups excluding carboxylic acids is 2. The molecule has 0 amide bonds. The predicted octanol–water partition coefficient (Wildman–Crippen LogP) is 2.81. The largest absolute Gasteiger partial charge is 0.493 e. The van der Waals surface area contributed by atoms with Gasteiger partial charge in [-0.1, -0.05) is 42.5 Å². The lowest BCUT2D eigenvalue weighted by molar-refractivity contribution is -0.158. The van der Waals surface area contributed by atoms with Crippen LogP contribution in [0.3, 0.4) is 0 Å². The lowest BCUT2D eigenvalue weighted by Gasteiger charge is -2.13. The van der Waals surface area contributed by atoms with E-state index in [1.54, 1.807) is 0 Å². The third-order valence-corrected chi connectivity index (χ3v) is 3.81. The Morgan fingerprint density at radius 1 is 0.880 bits per heavy atom. The van der Waals surface area contributed by atoms with Crippen molar-refractivity contribution in [3.8, 4) is 5.75 Å². The number of ether oxygens (including phenoxy) is 3. The van der Waals surface area contributed by atoms with Crippen LogP contribution in [-0.4, -0.2) is 32.8 Å². The zero-order chi connectivity index (χ0) is 18.1. The number of methoxy groups -OCH3 is 2. The zero-order valence-corrected chi connectivity index (χ0v) is 14.4. The summed E-state index contributed by atoms with van der Waals surface area (Å²) in [6.07, 6.45) is 1.01. The second kappa shape index (κ2) is 9.47. The van der Waals surface area contributed by atoms with Crippen LogP contribution in [0.2, 0.25) is 0 Å². The molecular formula is C20H22O5. The topological polar surface area (TPSA) is 61.8 Å². The molecule has 2 aromatic rings. The highest BCUT2D eigenvalue weighted by Gasteiger charge is 2.28. The molecule has 2 aromatic carbocycles. The Morgan fingerprint density at radius 2 is 1.52 bits per heavy atom. The lowest BCUT2D eigenvalue weighted by atomic mass is 9.99. The summed E-state index contributed by atoms with van der Waals surface area (Å²) < 4.78 is 15.1. The molecule has 0 aromatic heterocycles. The summed E-state index contributed by atoms with van der Waals surface area (Å²) in [5.74, 6) is -1.50. The molecular weight excluding hydrogens is 320 g/mol. The fourth-order valence-electron chi connectivity index (χ4n) is 2.48. The van der Waals surface area contributed by atoms with Gasteiger partial charge >= 0.3 is 11.9 Å². The molecule has 0 fully saturated rings. The van der Waals surface area contributed by atoms with Crippen LogP contribution in [0.5, 0.6) is 5.75 Å². The summed E-state index contributed by atoms with van der Waals surface area (Å²) in [5.41, 5.74) is 2.01. The molecule has 2 rings (SSSR count). The molecule has 0 saturated heterocycles. The first-order valence-electron chi connectivity index (χ1n) is 8.05. The van der Waals surface area contributed by atoms with Crippen molar-refractivity contribution in [1.29, 1.82) is 0 Å². The van der Waals surface area contributed by atoms with Crippen LogP contribution in [0.1, 0.15) is 11.1 Å². The van der Waals surface area contributed by atoms with Gasteiger partial charge in [0, 0.05) is 6.42 Å².